The Morgan fingerprint density at radius 3 is 3.07 bits per heavy atom. The van der Waals surface area contributed by atoms with Gasteiger partial charge in [0, 0.05) is 5.41 Å². The van der Waals surface area contributed by atoms with Crippen molar-refractivity contribution in [1.29, 1.82) is 0 Å². The molecule has 0 saturated heterocycles. The van der Waals surface area contributed by atoms with Gasteiger partial charge >= 0.3 is 0 Å². The van der Waals surface area contributed by atoms with E-state index >= 15 is 0 Å². The van der Waals surface area contributed by atoms with Crippen molar-refractivity contribution in [2.45, 2.75) is 46.0 Å². The van der Waals surface area contributed by atoms with E-state index in [-0.39, 0.29) is 0 Å². The van der Waals surface area contributed by atoms with Crippen molar-refractivity contribution in [1.82, 2.24) is 0 Å². The minimum absolute atomic E-state index is 0.575. The Bertz CT molecular complexity index is 311. The minimum atomic E-state index is 0.575. The lowest BCUT2D eigenvalue weighted by molar-refractivity contribution is 0.470. The van der Waals surface area contributed by atoms with Crippen LogP contribution in [-0.2, 0) is 0 Å². The molecule has 0 aromatic rings. The van der Waals surface area contributed by atoms with Crippen LogP contribution in [0.25, 0.3) is 0 Å². The molecule has 0 bridgehead atoms. The number of rotatable bonds is 3. The van der Waals surface area contributed by atoms with Crippen LogP contribution < -0.4 is 0 Å². The van der Waals surface area contributed by atoms with Gasteiger partial charge in [0.1, 0.15) is 0 Å². The monoisotopic (exact) mass is 188 g/mol. The fourth-order valence-electron chi connectivity index (χ4n) is 3.12. The molecular formula is C14H20. The van der Waals surface area contributed by atoms with Crippen molar-refractivity contribution >= 4 is 0 Å². The summed E-state index contributed by atoms with van der Waals surface area (Å²) in [5.74, 6) is 0.886. The molecule has 0 nitrogen and oxygen atoms in total. The maximum Gasteiger partial charge on any atom is 0.00655 e. The summed E-state index contributed by atoms with van der Waals surface area (Å²) in [6.07, 6.45) is 8.79. The van der Waals surface area contributed by atoms with Crippen LogP contribution in [0.3, 0.4) is 0 Å². The molecular weight excluding hydrogens is 168 g/mol. The molecule has 0 amide bonds. The highest BCUT2D eigenvalue weighted by atomic mass is 14.6. The Labute approximate surface area is 87.4 Å². The fraction of sp³-hybridized carbons (Fsp3) is 0.643. The molecule has 2 fully saturated rings. The number of fused-ring (bicyclic) bond motifs is 1. The van der Waals surface area contributed by atoms with E-state index in [1.165, 1.54) is 37.7 Å². The maximum absolute atomic E-state index is 3.82. The van der Waals surface area contributed by atoms with Crippen molar-refractivity contribution < 1.29 is 0 Å². The van der Waals surface area contributed by atoms with Crippen molar-refractivity contribution in [3.8, 4) is 0 Å². The van der Waals surface area contributed by atoms with E-state index in [0.717, 1.165) is 5.92 Å². The van der Waals surface area contributed by atoms with Crippen LogP contribution in [0.4, 0.5) is 0 Å². The molecule has 76 valence electrons. The summed E-state index contributed by atoms with van der Waals surface area (Å²) >= 11 is 0. The Balaban J connectivity index is 2.18. The summed E-state index contributed by atoms with van der Waals surface area (Å²) in [7, 11) is 0. The standard InChI is InChI=1S/C14H20/c1-4-5-8-14-9-6-7-12(14)13(14)10-11(2)3/h4,12H,1,5-9H2,2-3H3/t12-,14-/m1/s1. The van der Waals surface area contributed by atoms with Crippen molar-refractivity contribution in [2.24, 2.45) is 11.3 Å². The van der Waals surface area contributed by atoms with Gasteiger partial charge in [-0.15, -0.1) is 12.3 Å². The number of hydrogen-bond acceptors (Lipinski definition) is 0. The first-order valence-corrected chi connectivity index (χ1v) is 5.76. The van der Waals surface area contributed by atoms with E-state index in [1.54, 1.807) is 5.57 Å². The second kappa shape index (κ2) is 3.44. The van der Waals surface area contributed by atoms with E-state index in [1.807, 2.05) is 0 Å². The van der Waals surface area contributed by atoms with Crippen LogP contribution in [-0.4, -0.2) is 0 Å². The van der Waals surface area contributed by atoms with Crippen molar-refractivity contribution in [2.75, 3.05) is 0 Å². The summed E-state index contributed by atoms with van der Waals surface area (Å²) in [5, 5.41) is 0. The number of allylic oxidation sites excluding steroid dienone is 2. The molecule has 0 N–H and O–H groups in total. The third-order valence-electron chi connectivity index (χ3n) is 3.76. The van der Waals surface area contributed by atoms with E-state index in [9.17, 15) is 0 Å². The summed E-state index contributed by atoms with van der Waals surface area (Å²) in [5.41, 5.74) is 7.11. The molecule has 0 heteroatoms. The van der Waals surface area contributed by atoms with Gasteiger partial charge in [-0.1, -0.05) is 12.5 Å². The molecule has 2 rings (SSSR count). The quantitative estimate of drug-likeness (QED) is 0.459. The Hall–Kier alpha value is -0.740. The third kappa shape index (κ3) is 1.38. The summed E-state index contributed by atoms with van der Waals surface area (Å²) in [6, 6.07) is 0. The van der Waals surface area contributed by atoms with E-state index < -0.39 is 0 Å². The zero-order valence-electron chi connectivity index (χ0n) is 9.40. The highest BCUT2D eigenvalue weighted by Gasteiger charge is 2.61. The molecule has 0 aliphatic heterocycles. The van der Waals surface area contributed by atoms with Crippen molar-refractivity contribution in [3.05, 3.63) is 29.5 Å². The molecule has 0 aromatic heterocycles. The van der Waals surface area contributed by atoms with Crippen LogP contribution in [0.5, 0.6) is 0 Å². The SMILES string of the molecule is C=CCC[C@@]12CCC[C@@H]1C2=C=C(C)C. The highest BCUT2D eigenvalue weighted by Crippen LogP contribution is 2.70. The van der Waals surface area contributed by atoms with E-state index in [2.05, 4.69) is 32.2 Å². The van der Waals surface area contributed by atoms with E-state index in [4.69, 9.17) is 0 Å². The predicted molar refractivity (Wildman–Crippen MR) is 61.1 cm³/mol. The largest absolute Gasteiger partial charge is 0.122 e. The van der Waals surface area contributed by atoms with Gasteiger partial charge in [-0.05, 0) is 56.6 Å². The average Bonchev–Trinajstić information content (AvgIpc) is 2.58. The highest BCUT2D eigenvalue weighted by molar-refractivity contribution is 5.40. The first kappa shape index (κ1) is 9.80. The van der Waals surface area contributed by atoms with Gasteiger partial charge < -0.3 is 0 Å². The van der Waals surface area contributed by atoms with Crippen LogP contribution in [0.15, 0.2) is 29.5 Å². The van der Waals surface area contributed by atoms with Gasteiger partial charge in [0.05, 0.1) is 0 Å². The Morgan fingerprint density at radius 2 is 2.43 bits per heavy atom. The molecule has 0 heterocycles. The summed E-state index contributed by atoms with van der Waals surface area (Å²) in [4.78, 5) is 0. The molecule has 0 unspecified atom stereocenters. The van der Waals surface area contributed by atoms with Crippen LogP contribution in [0.2, 0.25) is 0 Å². The number of hydrogen-bond donors (Lipinski definition) is 0. The third-order valence-corrected chi connectivity index (χ3v) is 3.76. The fourth-order valence-corrected chi connectivity index (χ4v) is 3.12. The first-order chi connectivity index (χ1) is 6.70. The lowest BCUT2D eigenvalue weighted by Crippen LogP contribution is -1.97. The molecule has 14 heavy (non-hydrogen) atoms. The summed E-state index contributed by atoms with van der Waals surface area (Å²) in [6.45, 7) is 8.13. The predicted octanol–water partition coefficient (Wildman–Crippen LogP) is 4.24. The van der Waals surface area contributed by atoms with E-state index in [0.29, 0.717) is 5.41 Å². The van der Waals surface area contributed by atoms with Gasteiger partial charge in [-0.25, -0.2) is 0 Å². The van der Waals surface area contributed by atoms with Gasteiger partial charge in [0.25, 0.3) is 0 Å². The average molecular weight is 188 g/mol. The topological polar surface area (TPSA) is 0 Å². The first-order valence-electron chi connectivity index (χ1n) is 5.76. The molecule has 2 aliphatic carbocycles. The lowest BCUT2D eigenvalue weighted by atomic mass is 9.96. The second-order valence-corrected chi connectivity index (χ2v) is 4.97. The molecule has 2 atom stereocenters. The minimum Gasteiger partial charge on any atom is -0.122 e. The zero-order valence-corrected chi connectivity index (χ0v) is 9.40. The Kier molecular flexibility index (Phi) is 2.41. The molecule has 2 aliphatic rings. The van der Waals surface area contributed by atoms with Crippen LogP contribution >= 0.6 is 0 Å². The molecule has 2 saturated carbocycles. The van der Waals surface area contributed by atoms with Gasteiger partial charge in [0.15, 0.2) is 0 Å². The van der Waals surface area contributed by atoms with Gasteiger partial charge in [0.2, 0.25) is 0 Å². The molecule has 0 radical (unpaired) electrons. The zero-order chi connectivity index (χ0) is 10.2. The normalized spacial score (nSPS) is 33.6. The van der Waals surface area contributed by atoms with Gasteiger partial charge in [-0.2, -0.15) is 0 Å². The maximum atomic E-state index is 3.82. The van der Waals surface area contributed by atoms with Crippen LogP contribution in [0, 0.1) is 11.3 Å². The van der Waals surface area contributed by atoms with Gasteiger partial charge in [-0.3, -0.25) is 0 Å². The summed E-state index contributed by atoms with van der Waals surface area (Å²) < 4.78 is 0. The van der Waals surface area contributed by atoms with Crippen LogP contribution in [0.1, 0.15) is 46.0 Å². The molecule has 0 aromatic carbocycles. The van der Waals surface area contributed by atoms with Crippen molar-refractivity contribution in [3.63, 3.8) is 0 Å². The smallest absolute Gasteiger partial charge is 0.00655 e. The lowest BCUT2D eigenvalue weighted by Gasteiger charge is -2.08. The molecule has 0 spiro atoms. The second-order valence-electron chi connectivity index (χ2n) is 4.97. The Morgan fingerprint density at radius 1 is 1.64 bits per heavy atom.